The van der Waals surface area contributed by atoms with Crippen molar-refractivity contribution in [3.8, 4) is 0 Å². The maximum absolute atomic E-state index is 8.94. The molecule has 0 radical (unpaired) electrons. The minimum Gasteiger partial charge on any atom is -0.395 e. The predicted molar refractivity (Wildman–Crippen MR) is 69.0 cm³/mol. The average molecular weight is 242 g/mol. The molecule has 1 aromatic rings. The molecule has 1 aromatic carbocycles. The number of benzene rings is 1. The molecule has 1 N–H and O–H groups in total. The molecule has 0 heterocycles. The van der Waals surface area contributed by atoms with Crippen LogP contribution >= 0.6 is 11.6 Å². The molecule has 0 unspecified atom stereocenters. The minimum atomic E-state index is 0.0383. The van der Waals surface area contributed by atoms with Crippen molar-refractivity contribution in [2.45, 2.75) is 25.8 Å². The molecule has 0 saturated carbocycles. The molecule has 0 atom stereocenters. The summed E-state index contributed by atoms with van der Waals surface area (Å²) in [6, 6.07) is 7.94. The van der Waals surface area contributed by atoms with Gasteiger partial charge < -0.3 is 5.11 Å². The van der Waals surface area contributed by atoms with Crippen molar-refractivity contribution < 1.29 is 5.11 Å². The fraction of sp³-hybridized carbons (Fsp3) is 0.538. The van der Waals surface area contributed by atoms with E-state index in [1.54, 1.807) is 0 Å². The summed E-state index contributed by atoms with van der Waals surface area (Å²) in [4.78, 5) is 2.17. The Kier molecular flexibility index (Phi) is 4.78. The van der Waals surface area contributed by atoms with Crippen LogP contribution < -0.4 is 0 Å². The first kappa shape index (κ1) is 13.5. The van der Waals surface area contributed by atoms with Gasteiger partial charge in [0.25, 0.3) is 0 Å². The second kappa shape index (κ2) is 5.67. The van der Waals surface area contributed by atoms with Gasteiger partial charge in [0.15, 0.2) is 0 Å². The SMILES string of the molecule is CN(CCO)C(C)(C)Cc1ccc(Cl)cc1. The summed E-state index contributed by atoms with van der Waals surface area (Å²) in [5.74, 6) is 0. The molecule has 0 aliphatic rings. The van der Waals surface area contributed by atoms with Gasteiger partial charge in [-0.3, -0.25) is 4.90 Å². The molecule has 0 bridgehead atoms. The van der Waals surface area contributed by atoms with Crippen molar-refractivity contribution in [3.63, 3.8) is 0 Å². The Hall–Kier alpha value is -0.570. The Balaban J connectivity index is 2.68. The first-order valence-electron chi connectivity index (χ1n) is 5.52. The molecule has 0 amide bonds. The molecule has 3 heteroatoms. The van der Waals surface area contributed by atoms with Gasteiger partial charge in [-0.15, -0.1) is 0 Å². The molecule has 16 heavy (non-hydrogen) atoms. The second-order valence-electron chi connectivity index (χ2n) is 4.76. The van der Waals surface area contributed by atoms with Crippen LogP contribution in [0.5, 0.6) is 0 Å². The third kappa shape index (κ3) is 3.78. The van der Waals surface area contributed by atoms with E-state index in [4.69, 9.17) is 16.7 Å². The highest BCUT2D eigenvalue weighted by molar-refractivity contribution is 6.30. The quantitative estimate of drug-likeness (QED) is 0.857. The van der Waals surface area contributed by atoms with Crippen molar-refractivity contribution in [2.75, 3.05) is 20.2 Å². The van der Waals surface area contributed by atoms with Crippen LogP contribution in [0.3, 0.4) is 0 Å². The van der Waals surface area contributed by atoms with Crippen LogP contribution in [0, 0.1) is 0 Å². The summed E-state index contributed by atoms with van der Waals surface area (Å²) >= 11 is 5.85. The molecule has 0 aromatic heterocycles. The molecular weight excluding hydrogens is 222 g/mol. The van der Waals surface area contributed by atoms with Crippen molar-refractivity contribution in [1.29, 1.82) is 0 Å². The summed E-state index contributed by atoms with van der Waals surface area (Å²) in [7, 11) is 2.03. The normalized spacial score (nSPS) is 12.1. The monoisotopic (exact) mass is 241 g/mol. The molecule has 1 rings (SSSR count). The van der Waals surface area contributed by atoms with E-state index in [1.165, 1.54) is 5.56 Å². The predicted octanol–water partition coefficient (Wildman–Crippen LogP) is 2.59. The van der Waals surface area contributed by atoms with Crippen LogP contribution in [0.1, 0.15) is 19.4 Å². The number of aliphatic hydroxyl groups is 1. The van der Waals surface area contributed by atoms with Gasteiger partial charge in [0, 0.05) is 17.1 Å². The molecule has 0 saturated heterocycles. The van der Waals surface area contributed by atoms with Gasteiger partial charge in [0.1, 0.15) is 0 Å². The van der Waals surface area contributed by atoms with Crippen molar-refractivity contribution in [1.82, 2.24) is 4.90 Å². The summed E-state index contributed by atoms with van der Waals surface area (Å²) in [6.45, 7) is 5.25. The van der Waals surface area contributed by atoms with Crippen LogP contribution in [0.15, 0.2) is 24.3 Å². The van der Waals surface area contributed by atoms with Crippen LogP contribution in [0.4, 0.5) is 0 Å². The maximum atomic E-state index is 8.94. The third-order valence-corrected chi connectivity index (χ3v) is 3.27. The fourth-order valence-corrected chi connectivity index (χ4v) is 1.82. The Morgan fingerprint density at radius 3 is 2.31 bits per heavy atom. The van der Waals surface area contributed by atoms with E-state index >= 15 is 0 Å². The number of β-amino-alcohol motifs (C(OH)–C–C–N with tert-alkyl or cyclic N) is 1. The van der Waals surface area contributed by atoms with E-state index in [0.29, 0.717) is 6.54 Å². The largest absolute Gasteiger partial charge is 0.395 e. The van der Waals surface area contributed by atoms with E-state index in [1.807, 2.05) is 19.2 Å². The van der Waals surface area contributed by atoms with Crippen molar-refractivity contribution in [3.05, 3.63) is 34.9 Å². The van der Waals surface area contributed by atoms with Gasteiger partial charge in [-0.1, -0.05) is 23.7 Å². The number of aliphatic hydroxyl groups excluding tert-OH is 1. The summed E-state index contributed by atoms with van der Waals surface area (Å²) in [5.41, 5.74) is 1.30. The van der Waals surface area contributed by atoms with Gasteiger partial charge in [0.2, 0.25) is 0 Å². The summed E-state index contributed by atoms with van der Waals surface area (Å²) < 4.78 is 0. The smallest absolute Gasteiger partial charge is 0.0558 e. The first-order valence-corrected chi connectivity index (χ1v) is 5.90. The Morgan fingerprint density at radius 1 is 1.25 bits per heavy atom. The van der Waals surface area contributed by atoms with Crippen LogP contribution in [0.25, 0.3) is 0 Å². The zero-order valence-corrected chi connectivity index (χ0v) is 11.0. The zero-order valence-electron chi connectivity index (χ0n) is 10.2. The lowest BCUT2D eigenvalue weighted by atomic mass is 9.93. The molecule has 0 spiro atoms. The molecule has 0 aliphatic heterocycles. The minimum absolute atomic E-state index is 0.0383. The topological polar surface area (TPSA) is 23.5 Å². The highest BCUT2D eigenvalue weighted by Crippen LogP contribution is 2.20. The van der Waals surface area contributed by atoms with E-state index < -0.39 is 0 Å². The molecule has 0 aliphatic carbocycles. The second-order valence-corrected chi connectivity index (χ2v) is 5.20. The zero-order chi connectivity index (χ0) is 12.2. The number of nitrogens with zero attached hydrogens (tertiary/aromatic N) is 1. The lowest BCUT2D eigenvalue weighted by Gasteiger charge is -2.35. The summed E-state index contributed by atoms with van der Waals surface area (Å²) in [6.07, 6.45) is 0.945. The highest BCUT2D eigenvalue weighted by Gasteiger charge is 2.23. The van der Waals surface area contributed by atoms with Crippen LogP contribution in [-0.2, 0) is 6.42 Å². The fourth-order valence-electron chi connectivity index (χ4n) is 1.69. The summed E-state index contributed by atoms with van der Waals surface area (Å²) in [5, 5.41) is 9.71. The van der Waals surface area contributed by atoms with E-state index in [-0.39, 0.29) is 12.1 Å². The van der Waals surface area contributed by atoms with Gasteiger partial charge >= 0.3 is 0 Å². The Bertz CT molecular complexity index is 321. The lowest BCUT2D eigenvalue weighted by Crippen LogP contribution is -2.44. The van der Waals surface area contributed by atoms with Gasteiger partial charge in [-0.05, 0) is 45.0 Å². The Labute approximate surface area is 103 Å². The molecular formula is C13H20ClNO. The average Bonchev–Trinajstić information content (AvgIpc) is 2.21. The van der Waals surface area contributed by atoms with Crippen LogP contribution in [-0.4, -0.2) is 35.7 Å². The third-order valence-electron chi connectivity index (χ3n) is 3.02. The van der Waals surface area contributed by atoms with Gasteiger partial charge in [-0.2, -0.15) is 0 Å². The van der Waals surface area contributed by atoms with E-state index in [9.17, 15) is 0 Å². The number of halogens is 1. The van der Waals surface area contributed by atoms with E-state index in [2.05, 4.69) is 30.9 Å². The number of hydrogen-bond donors (Lipinski definition) is 1. The molecule has 0 fully saturated rings. The van der Waals surface area contributed by atoms with Crippen molar-refractivity contribution >= 4 is 11.6 Å². The highest BCUT2D eigenvalue weighted by atomic mass is 35.5. The Morgan fingerprint density at radius 2 is 1.81 bits per heavy atom. The number of rotatable bonds is 5. The first-order chi connectivity index (χ1) is 7.45. The van der Waals surface area contributed by atoms with Crippen molar-refractivity contribution in [2.24, 2.45) is 0 Å². The standard InChI is InChI=1S/C13H20ClNO/c1-13(2,15(3)8-9-16)10-11-4-6-12(14)7-5-11/h4-7,16H,8-10H2,1-3H3. The molecule has 2 nitrogen and oxygen atoms in total. The number of likely N-dealkylation sites (N-methyl/N-ethyl adjacent to an activating group) is 1. The maximum Gasteiger partial charge on any atom is 0.0558 e. The van der Waals surface area contributed by atoms with Gasteiger partial charge in [-0.25, -0.2) is 0 Å². The molecule has 90 valence electrons. The van der Waals surface area contributed by atoms with Crippen LogP contribution in [0.2, 0.25) is 5.02 Å². The van der Waals surface area contributed by atoms with Gasteiger partial charge in [0.05, 0.1) is 6.61 Å². The lowest BCUT2D eigenvalue weighted by molar-refractivity contribution is 0.122. The number of hydrogen-bond acceptors (Lipinski definition) is 2. The van der Waals surface area contributed by atoms with E-state index in [0.717, 1.165) is 11.4 Å².